The number of nitrogens with zero attached hydrogens (tertiary/aromatic N) is 1. The predicted octanol–water partition coefficient (Wildman–Crippen LogP) is 2.16. The fourth-order valence-electron chi connectivity index (χ4n) is 1.59. The summed E-state index contributed by atoms with van der Waals surface area (Å²) in [6, 6.07) is 9.31. The predicted molar refractivity (Wildman–Crippen MR) is 75.6 cm³/mol. The fourth-order valence-corrected chi connectivity index (χ4v) is 1.59. The molecule has 0 aliphatic heterocycles. The van der Waals surface area contributed by atoms with Gasteiger partial charge < -0.3 is 20.5 Å². The van der Waals surface area contributed by atoms with Crippen LogP contribution in [-0.4, -0.2) is 25.2 Å². The van der Waals surface area contributed by atoms with Gasteiger partial charge in [-0.1, -0.05) is 0 Å². The molecule has 0 aliphatic carbocycles. The van der Waals surface area contributed by atoms with Gasteiger partial charge in [0.2, 0.25) is 0 Å². The van der Waals surface area contributed by atoms with Gasteiger partial charge in [-0.25, -0.2) is 0 Å². The monoisotopic (exact) mass is 259 g/mol. The number of anilines is 2. The smallest absolute Gasteiger partial charge is 0.119 e. The van der Waals surface area contributed by atoms with Crippen LogP contribution in [0, 0.1) is 0 Å². The number of hydrogen-bond donors (Lipinski definition) is 2. The zero-order valence-corrected chi connectivity index (χ0v) is 10.8. The minimum absolute atomic E-state index is 0.550. The Morgan fingerprint density at radius 1 is 1.16 bits per heavy atom. The average Bonchev–Trinajstić information content (AvgIpc) is 2.46. The van der Waals surface area contributed by atoms with E-state index in [2.05, 4.69) is 10.3 Å². The standard InChI is InChI=1S/C14H17N3O2/c1-18-11-2-4-12(5-3-11)19-9-8-17-14-6-7-16-10-13(14)15/h2-7,10H,8-9,15H2,1H3,(H,16,17). The van der Waals surface area contributed by atoms with Crippen molar-refractivity contribution in [2.75, 3.05) is 31.3 Å². The Balaban J connectivity index is 1.76. The lowest BCUT2D eigenvalue weighted by Crippen LogP contribution is -2.12. The first kappa shape index (κ1) is 13.0. The van der Waals surface area contributed by atoms with E-state index in [0.717, 1.165) is 17.2 Å². The third-order valence-corrected chi connectivity index (χ3v) is 2.60. The van der Waals surface area contributed by atoms with Crippen LogP contribution in [0.25, 0.3) is 0 Å². The number of nitrogen functional groups attached to an aromatic ring is 1. The highest BCUT2D eigenvalue weighted by molar-refractivity contribution is 5.64. The van der Waals surface area contributed by atoms with Crippen molar-refractivity contribution in [2.45, 2.75) is 0 Å². The van der Waals surface area contributed by atoms with Crippen molar-refractivity contribution in [3.63, 3.8) is 0 Å². The second-order valence-corrected chi connectivity index (χ2v) is 3.91. The number of methoxy groups -OCH3 is 1. The molecule has 0 saturated carbocycles. The topological polar surface area (TPSA) is 69.4 Å². The Hall–Kier alpha value is -2.43. The molecule has 0 fully saturated rings. The van der Waals surface area contributed by atoms with Crippen LogP contribution in [0.5, 0.6) is 11.5 Å². The molecule has 0 unspecified atom stereocenters. The average molecular weight is 259 g/mol. The molecule has 5 heteroatoms. The molecule has 2 aromatic rings. The number of rotatable bonds is 6. The summed E-state index contributed by atoms with van der Waals surface area (Å²) in [6.45, 7) is 1.22. The van der Waals surface area contributed by atoms with Crippen molar-refractivity contribution in [1.82, 2.24) is 4.98 Å². The first-order chi connectivity index (χ1) is 9.29. The zero-order chi connectivity index (χ0) is 13.5. The maximum absolute atomic E-state index is 5.77. The van der Waals surface area contributed by atoms with E-state index in [9.17, 15) is 0 Å². The number of nitrogens with one attached hydrogen (secondary N) is 1. The lowest BCUT2D eigenvalue weighted by molar-refractivity contribution is 0.332. The highest BCUT2D eigenvalue weighted by Crippen LogP contribution is 2.17. The van der Waals surface area contributed by atoms with Crippen molar-refractivity contribution < 1.29 is 9.47 Å². The summed E-state index contributed by atoms with van der Waals surface area (Å²) in [4.78, 5) is 3.93. The van der Waals surface area contributed by atoms with Crippen LogP contribution in [0.4, 0.5) is 11.4 Å². The molecule has 1 heterocycles. The molecule has 19 heavy (non-hydrogen) atoms. The summed E-state index contributed by atoms with van der Waals surface area (Å²) < 4.78 is 10.7. The normalized spacial score (nSPS) is 9.95. The van der Waals surface area contributed by atoms with E-state index < -0.39 is 0 Å². The van der Waals surface area contributed by atoms with E-state index in [1.165, 1.54) is 0 Å². The van der Waals surface area contributed by atoms with Gasteiger partial charge in [-0.15, -0.1) is 0 Å². The molecule has 2 rings (SSSR count). The SMILES string of the molecule is COc1ccc(OCCNc2ccncc2N)cc1. The fraction of sp³-hybridized carbons (Fsp3) is 0.214. The van der Waals surface area contributed by atoms with Gasteiger partial charge in [0, 0.05) is 12.7 Å². The van der Waals surface area contributed by atoms with Gasteiger partial charge >= 0.3 is 0 Å². The van der Waals surface area contributed by atoms with Gasteiger partial charge in [0.05, 0.1) is 24.7 Å². The summed E-state index contributed by atoms with van der Waals surface area (Å²) in [5.41, 5.74) is 7.27. The van der Waals surface area contributed by atoms with Gasteiger partial charge in [0.25, 0.3) is 0 Å². The lowest BCUT2D eigenvalue weighted by atomic mass is 10.3. The molecule has 0 amide bonds. The van der Waals surface area contributed by atoms with Crippen LogP contribution < -0.4 is 20.5 Å². The molecule has 5 nitrogen and oxygen atoms in total. The Kier molecular flexibility index (Phi) is 4.44. The molecule has 1 aromatic heterocycles. The zero-order valence-electron chi connectivity index (χ0n) is 10.8. The van der Waals surface area contributed by atoms with Gasteiger partial charge in [-0.05, 0) is 30.3 Å². The van der Waals surface area contributed by atoms with E-state index in [-0.39, 0.29) is 0 Å². The number of ether oxygens (including phenoxy) is 2. The lowest BCUT2D eigenvalue weighted by Gasteiger charge is -2.10. The van der Waals surface area contributed by atoms with Gasteiger partial charge in [-0.3, -0.25) is 4.98 Å². The van der Waals surface area contributed by atoms with Crippen molar-refractivity contribution in [3.8, 4) is 11.5 Å². The molecule has 1 aromatic carbocycles. The van der Waals surface area contributed by atoms with Gasteiger partial charge in [0.1, 0.15) is 18.1 Å². The molecule has 0 atom stereocenters. The van der Waals surface area contributed by atoms with Crippen LogP contribution in [0.3, 0.4) is 0 Å². The van der Waals surface area contributed by atoms with Crippen molar-refractivity contribution >= 4 is 11.4 Å². The molecule has 3 N–H and O–H groups in total. The maximum atomic E-state index is 5.77. The molecule has 0 spiro atoms. The van der Waals surface area contributed by atoms with Gasteiger partial charge in [0.15, 0.2) is 0 Å². The largest absolute Gasteiger partial charge is 0.497 e. The number of pyridine rings is 1. The second-order valence-electron chi connectivity index (χ2n) is 3.91. The van der Waals surface area contributed by atoms with Crippen LogP contribution in [-0.2, 0) is 0 Å². The summed E-state index contributed by atoms with van der Waals surface area (Å²) in [7, 11) is 1.64. The summed E-state index contributed by atoms with van der Waals surface area (Å²) in [6.07, 6.45) is 3.32. The number of nitrogens with two attached hydrogens (primary N) is 1. The molecule has 100 valence electrons. The van der Waals surface area contributed by atoms with Crippen LogP contribution in [0.15, 0.2) is 42.7 Å². The molecule has 0 aliphatic rings. The molecule has 0 bridgehead atoms. The van der Waals surface area contributed by atoms with E-state index >= 15 is 0 Å². The Morgan fingerprint density at radius 3 is 2.58 bits per heavy atom. The van der Waals surface area contributed by atoms with E-state index in [1.807, 2.05) is 30.3 Å². The van der Waals surface area contributed by atoms with Gasteiger partial charge in [-0.2, -0.15) is 0 Å². The van der Waals surface area contributed by atoms with Crippen LogP contribution >= 0.6 is 0 Å². The maximum Gasteiger partial charge on any atom is 0.119 e. The molecular formula is C14H17N3O2. The minimum Gasteiger partial charge on any atom is -0.497 e. The van der Waals surface area contributed by atoms with Crippen LogP contribution in [0.1, 0.15) is 0 Å². The molecule has 0 saturated heterocycles. The summed E-state index contributed by atoms with van der Waals surface area (Å²) in [5.74, 6) is 1.63. The highest BCUT2D eigenvalue weighted by Gasteiger charge is 1.98. The number of benzene rings is 1. The Bertz CT molecular complexity index is 514. The van der Waals surface area contributed by atoms with Crippen LogP contribution in [0.2, 0.25) is 0 Å². The molecular weight excluding hydrogens is 242 g/mol. The summed E-state index contributed by atoms with van der Waals surface area (Å²) in [5, 5.41) is 3.19. The third kappa shape index (κ3) is 3.77. The van der Waals surface area contributed by atoms with Crippen molar-refractivity contribution in [2.24, 2.45) is 0 Å². The van der Waals surface area contributed by atoms with E-state index in [4.69, 9.17) is 15.2 Å². The Labute approximate surface area is 112 Å². The van der Waals surface area contributed by atoms with Crippen molar-refractivity contribution in [1.29, 1.82) is 0 Å². The van der Waals surface area contributed by atoms with E-state index in [0.29, 0.717) is 18.8 Å². The minimum atomic E-state index is 0.550. The highest BCUT2D eigenvalue weighted by atomic mass is 16.5. The Morgan fingerprint density at radius 2 is 1.89 bits per heavy atom. The quantitative estimate of drug-likeness (QED) is 0.778. The second kappa shape index (κ2) is 6.49. The first-order valence-electron chi connectivity index (χ1n) is 6.00. The molecule has 0 radical (unpaired) electrons. The first-order valence-corrected chi connectivity index (χ1v) is 6.00. The van der Waals surface area contributed by atoms with Crippen molar-refractivity contribution in [3.05, 3.63) is 42.7 Å². The summed E-state index contributed by atoms with van der Waals surface area (Å²) >= 11 is 0. The third-order valence-electron chi connectivity index (χ3n) is 2.60. The number of hydrogen-bond acceptors (Lipinski definition) is 5. The van der Waals surface area contributed by atoms with E-state index in [1.54, 1.807) is 19.5 Å². The number of aromatic nitrogens is 1.